The molecule has 2 rings (SSSR count). The minimum atomic E-state index is -3.82. The number of aromatic nitrogens is 2. The van der Waals surface area contributed by atoms with E-state index in [1.807, 2.05) is 0 Å². The van der Waals surface area contributed by atoms with Crippen molar-refractivity contribution in [1.82, 2.24) is 14.7 Å². The van der Waals surface area contributed by atoms with E-state index in [-0.39, 0.29) is 22.7 Å². The molecule has 0 bridgehead atoms. The molecule has 0 aliphatic heterocycles. The van der Waals surface area contributed by atoms with Crippen molar-refractivity contribution in [2.24, 2.45) is 0 Å². The number of nitrogens with one attached hydrogen (secondary N) is 1. The smallest absolute Gasteiger partial charge is 0.241 e. The molecule has 0 aliphatic carbocycles. The standard InChI is InChI=1S/C13H15FN4O2S/c1-8-5-11(14)12(15)9(2)13(8)21(19,20)18-6-10-3-4-16-7-17-10/h3-5,7,18H,6,15H2,1-2H3. The van der Waals surface area contributed by atoms with Gasteiger partial charge in [-0.3, -0.25) is 0 Å². The van der Waals surface area contributed by atoms with Crippen molar-refractivity contribution in [3.05, 3.63) is 47.3 Å². The Kier molecular flexibility index (Phi) is 4.19. The maximum atomic E-state index is 13.5. The number of benzene rings is 1. The zero-order valence-electron chi connectivity index (χ0n) is 11.6. The number of hydrogen-bond donors (Lipinski definition) is 2. The van der Waals surface area contributed by atoms with Gasteiger partial charge in [0.1, 0.15) is 12.1 Å². The lowest BCUT2D eigenvalue weighted by Gasteiger charge is -2.14. The largest absolute Gasteiger partial charge is 0.396 e. The van der Waals surface area contributed by atoms with Gasteiger partial charge in [0, 0.05) is 6.20 Å². The van der Waals surface area contributed by atoms with Crippen LogP contribution >= 0.6 is 0 Å². The van der Waals surface area contributed by atoms with Crippen LogP contribution in [-0.2, 0) is 16.6 Å². The number of anilines is 1. The monoisotopic (exact) mass is 310 g/mol. The van der Waals surface area contributed by atoms with Crippen molar-refractivity contribution in [3.63, 3.8) is 0 Å². The van der Waals surface area contributed by atoms with E-state index in [0.29, 0.717) is 11.3 Å². The summed E-state index contributed by atoms with van der Waals surface area (Å²) in [6, 6.07) is 2.71. The first kappa shape index (κ1) is 15.3. The summed E-state index contributed by atoms with van der Waals surface area (Å²) in [6.07, 6.45) is 2.85. The van der Waals surface area contributed by atoms with E-state index in [1.165, 1.54) is 26.4 Å². The van der Waals surface area contributed by atoms with Crippen LogP contribution in [0.25, 0.3) is 0 Å². The zero-order chi connectivity index (χ0) is 15.6. The Labute approximate surface area is 122 Å². The maximum Gasteiger partial charge on any atom is 0.241 e. The van der Waals surface area contributed by atoms with Crippen molar-refractivity contribution < 1.29 is 12.8 Å². The van der Waals surface area contributed by atoms with Gasteiger partial charge in [0.25, 0.3) is 0 Å². The second-order valence-electron chi connectivity index (χ2n) is 4.57. The molecule has 0 saturated heterocycles. The molecule has 0 aliphatic rings. The Morgan fingerprint density at radius 2 is 2.10 bits per heavy atom. The van der Waals surface area contributed by atoms with Crippen LogP contribution in [0.2, 0.25) is 0 Å². The van der Waals surface area contributed by atoms with Gasteiger partial charge < -0.3 is 5.73 Å². The number of halogens is 1. The van der Waals surface area contributed by atoms with Crippen molar-refractivity contribution in [2.75, 3.05) is 5.73 Å². The summed E-state index contributed by atoms with van der Waals surface area (Å²) >= 11 is 0. The Balaban J connectivity index is 2.35. The number of sulfonamides is 1. The Morgan fingerprint density at radius 1 is 1.38 bits per heavy atom. The highest BCUT2D eigenvalue weighted by Crippen LogP contribution is 2.27. The average Bonchev–Trinajstić information content (AvgIpc) is 2.44. The van der Waals surface area contributed by atoms with Gasteiger partial charge in [-0.05, 0) is 37.1 Å². The van der Waals surface area contributed by atoms with Crippen molar-refractivity contribution in [2.45, 2.75) is 25.3 Å². The second-order valence-corrected chi connectivity index (χ2v) is 6.27. The quantitative estimate of drug-likeness (QED) is 0.829. The lowest BCUT2D eigenvalue weighted by molar-refractivity contribution is 0.578. The van der Waals surface area contributed by atoms with Gasteiger partial charge in [0.15, 0.2) is 0 Å². The van der Waals surface area contributed by atoms with Gasteiger partial charge in [-0.2, -0.15) is 0 Å². The summed E-state index contributed by atoms with van der Waals surface area (Å²) < 4.78 is 40.7. The van der Waals surface area contributed by atoms with E-state index >= 15 is 0 Å². The second kappa shape index (κ2) is 5.74. The summed E-state index contributed by atoms with van der Waals surface area (Å²) in [7, 11) is -3.82. The molecule has 1 aromatic heterocycles. The Morgan fingerprint density at radius 3 is 2.71 bits per heavy atom. The van der Waals surface area contributed by atoms with Gasteiger partial charge in [-0.15, -0.1) is 0 Å². The van der Waals surface area contributed by atoms with Crippen LogP contribution in [0.1, 0.15) is 16.8 Å². The fraction of sp³-hybridized carbons (Fsp3) is 0.231. The molecule has 0 unspecified atom stereocenters. The van der Waals surface area contributed by atoms with E-state index in [9.17, 15) is 12.8 Å². The Hall–Kier alpha value is -2.06. The third-order valence-corrected chi connectivity index (χ3v) is 4.75. The van der Waals surface area contributed by atoms with Gasteiger partial charge in [0.2, 0.25) is 10.0 Å². The van der Waals surface area contributed by atoms with Gasteiger partial charge in [0.05, 0.1) is 22.8 Å². The fourth-order valence-corrected chi connectivity index (χ4v) is 3.49. The lowest BCUT2D eigenvalue weighted by atomic mass is 10.1. The van der Waals surface area contributed by atoms with Crippen LogP contribution < -0.4 is 10.5 Å². The molecule has 0 atom stereocenters. The van der Waals surface area contributed by atoms with E-state index in [1.54, 1.807) is 6.07 Å². The van der Waals surface area contributed by atoms with Crippen molar-refractivity contribution >= 4 is 15.7 Å². The molecule has 21 heavy (non-hydrogen) atoms. The first-order valence-electron chi connectivity index (χ1n) is 6.12. The summed E-state index contributed by atoms with van der Waals surface area (Å²) in [5.41, 5.74) is 6.43. The molecular weight excluding hydrogens is 295 g/mol. The molecule has 0 radical (unpaired) electrons. The summed E-state index contributed by atoms with van der Waals surface area (Å²) in [5, 5.41) is 0. The first-order valence-corrected chi connectivity index (χ1v) is 7.61. The molecule has 8 heteroatoms. The SMILES string of the molecule is Cc1cc(F)c(N)c(C)c1S(=O)(=O)NCc1ccncn1. The van der Waals surface area contributed by atoms with Gasteiger partial charge >= 0.3 is 0 Å². The third kappa shape index (κ3) is 3.17. The molecule has 0 amide bonds. The minimum Gasteiger partial charge on any atom is -0.396 e. The fourth-order valence-electron chi connectivity index (χ4n) is 2.01. The summed E-state index contributed by atoms with van der Waals surface area (Å²) in [5.74, 6) is -0.625. The molecular formula is C13H15FN4O2S. The van der Waals surface area contributed by atoms with E-state index in [4.69, 9.17) is 5.73 Å². The summed E-state index contributed by atoms with van der Waals surface area (Å²) in [6.45, 7) is 3.01. The van der Waals surface area contributed by atoms with Crippen molar-refractivity contribution in [1.29, 1.82) is 0 Å². The molecule has 3 N–H and O–H groups in total. The number of rotatable bonds is 4. The van der Waals surface area contributed by atoms with Crippen LogP contribution in [-0.4, -0.2) is 18.4 Å². The topological polar surface area (TPSA) is 98.0 Å². The Bertz CT molecular complexity index is 763. The maximum absolute atomic E-state index is 13.5. The molecule has 2 aromatic rings. The number of nitrogens with two attached hydrogens (primary N) is 1. The average molecular weight is 310 g/mol. The van der Waals surface area contributed by atoms with Crippen LogP contribution in [0.5, 0.6) is 0 Å². The van der Waals surface area contributed by atoms with Gasteiger partial charge in [-0.1, -0.05) is 0 Å². The highest BCUT2D eigenvalue weighted by Gasteiger charge is 2.22. The normalized spacial score (nSPS) is 11.6. The first-order chi connectivity index (χ1) is 9.83. The van der Waals surface area contributed by atoms with Crippen LogP contribution in [0.4, 0.5) is 10.1 Å². The van der Waals surface area contributed by atoms with E-state index in [0.717, 1.165) is 6.07 Å². The molecule has 1 aromatic carbocycles. The van der Waals surface area contributed by atoms with Gasteiger partial charge in [-0.25, -0.2) is 27.5 Å². The lowest BCUT2D eigenvalue weighted by Crippen LogP contribution is -2.25. The number of nitrogens with zero attached hydrogens (tertiary/aromatic N) is 2. The molecule has 0 spiro atoms. The number of hydrogen-bond acceptors (Lipinski definition) is 5. The number of aryl methyl sites for hydroxylation is 1. The zero-order valence-corrected chi connectivity index (χ0v) is 12.4. The third-order valence-electron chi connectivity index (χ3n) is 3.06. The predicted octanol–water partition coefficient (Wildman–Crippen LogP) is 1.29. The summed E-state index contributed by atoms with van der Waals surface area (Å²) in [4.78, 5) is 7.68. The molecule has 0 saturated carbocycles. The molecule has 6 nitrogen and oxygen atoms in total. The van der Waals surface area contributed by atoms with Crippen molar-refractivity contribution in [3.8, 4) is 0 Å². The van der Waals surface area contributed by atoms with Crippen LogP contribution in [0.3, 0.4) is 0 Å². The molecule has 112 valence electrons. The predicted molar refractivity (Wildman–Crippen MR) is 76.3 cm³/mol. The number of nitrogen functional groups attached to an aromatic ring is 1. The van der Waals surface area contributed by atoms with Crippen LogP contribution in [0, 0.1) is 19.7 Å². The van der Waals surface area contributed by atoms with E-state index < -0.39 is 15.8 Å². The highest BCUT2D eigenvalue weighted by molar-refractivity contribution is 7.89. The molecule has 1 heterocycles. The van der Waals surface area contributed by atoms with Crippen LogP contribution in [0.15, 0.2) is 29.6 Å². The minimum absolute atomic E-state index is 0.00421. The van der Waals surface area contributed by atoms with E-state index in [2.05, 4.69) is 14.7 Å². The highest BCUT2D eigenvalue weighted by atomic mass is 32.2. The molecule has 0 fully saturated rings.